The Labute approximate surface area is 72.8 Å². The average molecular weight is 159 g/mol. The van der Waals surface area contributed by atoms with Crippen LogP contribution in [-0.4, -0.2) is 23.5 Å². The molecule has 0 aromatic carbocycles. The van der Waals surface area contributed by atoms with Crippen LogP contribution >= 0.6 is 0 Å². The van der Waals surface area contributed by atoms with Crippen molar-refractivity contribution in [3.8, 4) is 0 Å². The average Bonchev–Trinajstić information content (AvgIpc) is 1.92. The molecule has 1 heteroatoms. The molecule has 0 spiro atoms. The van der Waals surface area contributed by atoms with Gasteiger partial charge in [0.1, 0.15) is 0 Å². The van der Waals surface area contributed by atoms with Gasteiger partial charge in [0, 0.05) is 5.54 Å². The SMILES string of the molecule is CC.CCN(CC)C(C)(C)C. The molecule has 0 saturated carbocycles. The standard InChI is InChI=1S/C8H19N.C2H6/c1-6-9(7-2)8(3,4)5;1-2/h6-7H2,1-5H3;1-2H3. The molecule has 0 bridgehead atoms. The summed E-state index contributed by atoms with van der Waals surface area (Å²) < 4.78 is 0. The van der Waals surface area contributed by atoms with Gasteiger partial charge in [-0.2, -0.15) is 0 Å². The third-order valence-corrected chi connectivity index (χ3v) is 1.71. The number of nitrogens with zero attached hydrogens (tertiary/aromatic N) is 1. The van der Waals surface area contributed by atoms with Gasteiger partial charge in [0.15, 0.2) is 0 Å². The van der Waals surface area contributed by atoms with E-state index in [-0.39, 0.29) is 0 Å². The lowest BCUT2D eigenvalue weighted by Crippen LogP contribution is -2.40. The topological polar surface area (TPSA) is 3.24 Å². The van der Waals surface area contributed by atoms with E-state index >= 15 is 0 Å². The molecule has 0 aliphatic rings. The number of hydrogen-bond acceptors (Lipinski definition) is 1. The summed E-state index contributed by atoms with van der Waals surface area (Å²) in [5.74, 6) is 0. The number of rotatable bonds is 2. The highest BCUT2D eigenvalue weighted by molar-refractivity contribution is 4.73. The maximum absolute atomic E-state index is 2.44. The van der Waals surface area contributed by atoms with Crippen molar-refractivity contribution in [1.82, 2.24) is 4.90 Å². The lowest BCUT2D eigenvalue weighted by molar-refractivity contribution is 0.153. The van der Waals surface area contributed by atoms with E-state index in [1.807, 2.05) is 13.8 Å². The Bertz CT molecular complexity index is 67.4. The van der Waals surface area contributed by atoms with E-state index in [9.17, 15) is 0 Å². The molecule has 0 atom stereocenters. The zero-order valence-corrected chi connectivity index (χ0v) is 9.36. The Morgan fingerprint density at radius 3 is 1.18 bits per heavy atom. The molecule has 0 unspecified atom stereocenters. The molecule has 0 aliphatic carbocycles. The Balaban J connectivity index is 0. The van der Waals surface area contributed by atoms with Crippen molar-refractivity contribution in [2.45, 2.75) is 54.0 Å². The van der Waals surface area contributed by atoms with Crippen molar-refractivity contribution in [3.05, 3.63) is 0 Å². The van der Waals surface area contributed by atoms with Crippen LogP contribution in [0, 0.1) is 0 Å². The monoisotopic (exact) mass is 159 g/mol. The van der Waals surface area contributed by atoms with Crippen LogP contribution in [0.25, 0.3) is 0 Å². The minimum absolute atomic E-state index is 0.351. The largest absolute Gasteiger partial charge is 0.299 e. The zero-order chi connectivity index (χ0) is 9.49. The van der Waals surface area contributed by atoms with Gasteiger partial charge in [0.2, 0.25) is 0 Å². The van der Waals surface area contributed by atoms with Crippen LogP contribution in [-0.2, 0) is 0 Å². The van der Waals surface area contributed by atoms with Gasteiger partial charge >= 0.3 is 0 Å². The fraction of sp³-hybridized carbons (Fsp3) is 1.00. The molecule has 1 nitrogen and oxygen atoms in total. The smallest absolute Gasteiger partial charge is 0.0124 e. The van der Waals surface area contributed by atoms with Crippen molar-refractivity contribution in [1.29, 1.82) is 0 Å². The van der Waals surface area contributed by atoms with Gasteiger partial charge < -0.3 is 0 Å². The van der Waals surface area contributed by atoms with Crippen LogP contribution in [0.3, 0.4) is 0 Å². The molecule has 0 aromatic rings. The molecular formula is C10H25N. The lowest BCUT2D eigenvalue weighted by Gasteiger charge is -2.33. The molecule has 0 rings (SSSR count). The van der Waals surface area contributed by atoms with Crippen LogP contribution in [0.2, 0.25) is 0 Å². The summed E-state index contributed by atoms with van der Waals surface area (Å²) in [4.78, 5) is 2.44. The van der Waals surface area contributed by atoms with Gasteiger partial charge in [-0.25, -0.2) is 0 Å². The first kappa shape index (κ1) is 13.5. The molecule has 0 aromatic heterocycles. The van der Waals surface area contributed by atoms with E-state index in [1.165, 1.54) is 0 Å². The summed E-state index contributed by atoms with van der Waals surface area (Å²) in [6.45, 7) is 17.5. The van der Waals surface area contributed by atoms with Crippen molar-refractivity contribution in [2.24, 2.45) is 0 Å². The fourth-order valence-electron chi connectivity index (χ4n) is 1.17. The third kappa shape index (κ3) is 6.36. The highest BCUT2D eigenvalue weighted by Crippen LogP contribution is 2.10. The molecule has 0 heterocycles. The summed E-state index contributed by atoms with van der Waals surface area (Å²) >= 11 is 0. The van der Waals surface area contributed by atoms with E-state index in [4.69, 9.17) is 0 Å². The van der Waals surface area contributed by atoms with Gasteiger partial charge in [-0.3, -0.25) is 4.90 Å². The van der Waals surface area contributed by atoms with Crippen molar-refractivity contribution >= 4 is 0 Å². The first-order valence-corrected chi connectivity index (χ1v) is 4.77. The summed E-state index contributed by atoms with van der Waals surface area (Å²) in [5.41, 5.74) is 0.351. The van der Waals surface area contributed by atoms with Crippen LogP contribution in [0.5, 0.6) is 0 Å². The van der Waals surface area contributed by atoms with Crippen LogP contribution in [0.4, 0.5) is 0 Å². The minimum Gasteiger partial charge on any atom is -0.299 e. The molecular weight excluding hydrogens is 134 g/mol. The van der Waals surface area contributed by atoms with Gasteiger partial charge in [-0.1, -0.05) is 27.7 Å². The molecule has 0 amide bonds. The molecule has 0 N–H and O–H groups in total. The Kier molecular flexibility index (Phi) is 8.20. The molecule has 0 fully saturated rings. The van der Waals surface area contributed by atoms with Gasteiger partial charge in [0.25, 0.3) is 0 Å². The molecule has 0 aliphatic heterocycles. The van der Waals surface area contributed by atoms with E-state index in [1.54, 1.807) is 0 Å². The summed E-state index contributed by atoms with van der Waals surface area (Å²) in [7, 11) is 0. The fourth-order valence-corrected chi connectivity index (χ4v) is 1.17. The summed E-state index contributed by atoms with van der Waals surface area (Å²) in [6.07, 6.45) is 0. The molecule has 70 valence electrons. The Morgan fingerprint density at radius 1 is 0.909 bits per heavy atom. The van der Waals surface area contributed by atoms with E-state index < -0.39 is 0 Å². The van der Waals surface area contributed by atoms with Crippen LogP contribution in [0.15, 0.2) is 0 Å². The Hall–Kier alpha value is -0.0400. The maximum atomic E-state index is 2.44. The number of hydrogen-bond donors (Lipinski definition) is 0. The van der Waals surface area contributed by atoms with Crippen molar-refractivity contribution < 1.29 is 0 Å². The van der Waals surface area contributed by atoms with E-state index in [0.717, 1.165) is 13.1 Å². The second-order valence-corrected chi connectivity index (χ2v) is 3.34. The first-order valence-electron chi connectivity index (χ1n) is 4.77. The Morgan fingerprint density at radius 2 is 1.18 bits per heavy atom. The lowest BCUT2D eigenvalue weighted by atomic mass is 10.1. The summed E-state index contributed by atoms with van der Waals surface area (Å²) in [5, 5.41) is 0. The van der Waals surface area contributed by atoms with Crippen molar-refractivity contribution in [2.75, 3.05) is 13.1 Å². The van der Waals surface area contributed by atoms with E-state index in [2.05, 4.69) is 39.5 Å². The second-order valence-electron chi connectivity index (χ2n) is 3.34. The highest BCUT2D eigenvalue weighted by atomic mass is 15.2. The molecule has 0 radical (unpaired) electrons. The zero-order valence-electron chi connectivity index (χ0n) is 9.36. The first-order chi connectivity index (χ1) is 5.02. The van der Waals surface area contributed by atoms with Gasteiger partial charge in [-0.05, 0) is 33.9 Å². The molecule has 11 heavy (non-hydrogen) atoms. The molecule has 0 saturated heterocycles. The maximum Gasteiger partial charge on any atom is 0.0124 e. The van der Waals surface area contributed by atoms with Crippen molar-refractivity contribution in [3.63, 3.8) is 0 Å². The minimum atomic E-state index is 0.351. The highest BCUT2D eigenvalue weighted by Gasteiger charge is 2.16. The quantitative estimate of drug-likeness (QED) is 0.598. The van der Waals surface area contributed by atoms with Crippen LogP contribution in [0.1, 0.15) is 48.5 Å². The van der Waals surface area contributed by atoms with Gasteiger partial charge in [0.05, 0.1) is 0 Å². The second kappa shape index (κ2) is 6.66. The van der Waals surface area contributed by atoms with Crippen LogP contribution < -0.4 is 0 Å². The predicted molar refractivity (Wildman–Crippen MR) is 54.0 cm³/mol. The summed E-state index contributed by atoms with van der Waals surface area (Å²) in [6, 6.07) is 0. The normalized spacial score (nSPS) is 10.9. The van der Waals surface area contributed by atoms with E-state index in [0.29, 0.717) is 5.54 Å². The predicted octanol–water partition coefficient (Wildman–Crippen LogP) is 3.15. The van der Waals surface area contributed by atoms with Gasteiger partial charge in [-0.15, -0.1) is 0 Å². The third-order valence-electron chi connectivity index (χ3n) is 1.71.